The van der Waals surface area contributed by atoms with E-state index in [0.29, 0.717) is 11.3 Å². The van der Waals surface area contributed by atoms with E-state index in [1.54, 1.807) is 12.1 Å². The molecule has 0 heterocycles. The Balaban J connectivity index is 2.00. The van der Waals surface area contributed by atoms with Crippen LogP contribution in [0.2, 0.25) is 0 Å². The van der Waals surface area contributed by atoms with Crippen LogP contribution in [0.15, 0.2) is 18.2 Å². The second-order valence-corrected chi connectivity index (χ2v) is 5.90. The fourth-order valence-electron chi connectivity index (χ4n) is 3.33. The molecule has 3 heteroatoms. The molecule has 1 atom stereocenters. The van der Waals surface area contributed by atoms with E-state index in [0.717, 1.165) is 31.6 Å². The molecule has 2 rings (SSSR count). The molecule has 1 fully saturated rings. The maximum atomic E-state index is 14.0. The lowest BCUT2D eigenvalue weighted by Crippen LogP contribution is -2.21. The summed E-state index contributed by atoms with van der Waals surface area (Å²) in [6.45, 7) is 2.22. The third-order valence-corrected chi connectivity index (χ3v) is 4.56. The van der Waals surface area contributed by atoms with Gasteiger partial charge in [-0.1, -0.05) is 32.6 Å². The van der Waals surface area contributed by atoms with E-state index in [1.807, 2.05) is 0 Å². The van der Waals surface area contributed by atoms with Crippen LogP contribution in [0.1, 0.15) is 57.1 Å². The van der Waals surface area contributed by atoms with Crippen LogP contribution < -0.4 is 4.74 Å². The summed E-state index contributed by atoms with van der Waals surface area (Å²) in [6.07, 6.45) is 6.13. The molecule has 112 valence electrons. The fraction of sp³-hybridized carbons (Fsp3) is 0.647. The van der Waals surface area contributed by atoms with Gasteiger partial charge in [-0.2, -0.15) is 0 Å². The average molecular weight is 280 g/mol. The molecule has 2 nitrogen and oxygen atoms in total. The number of ether oxygens (including phenoxy) is 1. The van der Waals surface area contributed by atoms with Crippen LogP contribution >= 0.6 is 0 Å². The van der Waals surface area contributed by atoms with Gasteiger partial charge in [-0.3, -0.25) is 0 Å². The summed E-state index contributed by atoms with van der Waals surface area (Å²) in [5, 5.41) is 10.4. The lowest BCUT2D eigenvalue weighted by molar-refractivity contribution is 0.0693. The van der Waals surface area contributed by atoms with Crippen molar-refractivity contribution in [2.45, 2.75) is 51.6 Å². The Morgan fingerprint density at radius 2 is 2.00 bits per heavy atom. The molecule has 1 aliphatic rings. The second kappa shape index (κ2) is 7.07. The van der Waals surface area contributed by atoms with Gasteiger partial charge >= 0.3 is 0 Å². The molecule has 0 aromatic heterocycles. The second-order valence-electron chi connectivity index (χ2n) is 5.90. The summed E-state index contributed by atoms with van der Waals surface area (Å²) >= 11 is 0. The van der Waals surface area contributed by atoms with Gasteiger partial charge in [0.1, 0.15) is 11.6 Å². The minimum atomic E-state index is -0.691. The Morgan fingerprint density at radius 3 is 2.55 bits per heavy atom. The molecule has 0 radical (unpaired) electrons. The van der Waals surface area contributed by atoms with Crippen LogP contribution in [0.3, 0.4) is 0 Å². The average Bonchev–Trinajstić information content (AvgIpc) is 2.47. The van der Waals surface area contributed by atoms with Crippen LogP contribution in [-0.4, -0.2) is 12.2 Å². The van der Waals surface area contributed by atoms with E-state index < -0.39 is 6.10 Å². The van der Waals surface area contributed by atoms with Crippen LogP contribution in [0.4, 0.5) is 4.39 Å². The molecule has 1 unspecified atom stereocenters. The molecule has 0 spiro atoms. The molecule has 1 aromatic rings. The van der Waals surface area contributed by atoms with Crippen molar-refractivity contribution in [1.82, 2.24) is 0 Å². The van der Waals surface area contributed by atoms with Gasteiger partial charge in [0, 0.05) is 11.6 Å². The molecule has 0 saturated heterocycles. The van der Waals surface area contributed by atoms with Crippen molar-refractivity contribution in [3.8, 4) is 5.75 Å². The predicted molar refractivity (Wildman–Crippen MR) is 78.3 cm³/mol. The molecule has 0 amide bonds. The Labute approximate surface area is 121 Å². The zero-order valence-corrected chi connectivity index (χ0v) is 12.4. The van der Waals surface area contributed by atoms with Crippen molar-refractivity contribution in [1.29, 1.82) is 0 Å². The van der Waals surface area contributed by atoms with Crippen molar-refractivity contribution in [2.24, 2.45) is 11.8 Å². The van der Waals surface area contributed by atoms with Gasteiger partial charge < -0.3 is 9.84 Å². The van der Waals surface area contributed by atoms with Gasteiger partial charge in [0.05, 0.1) is 13.2 Å². The van der Waals surface area contributed by atoms with E-state index in [1.165, 1.54) is 26.0 Å². The number of rotatable bonds is 5. The van der Waals surface area contributed by atoms with Gasteiger partial charge in [-0.25, -0.2) is 4.39 Å². The van der Waals surface area contributed by atoms with Gasteiger partial charge in [0.25, 0.3) is 0 Å². The maximum absolute atomic E-state index is 14.0. The van der Waals surface area contributed by atoms with Crippen LogP contribution in [0.25, 0.3) is 0 Å². The summed E-state index contributed by atoms with van der Waals surface area (Å²) in [5.74, 6) is 1.10. The fourth-order valence-corrected chi connectivity index (χ4v) is 3.33. The van der Waals surface area contributed by atoms with Crippen molar-refractivity contribution >= 4 is 0 Å². The Kier molecular flexibility index (Phi) is 5.41. The van der Waals surface area contributed by atoms with Gasteiger partial charge in [-0.05, 0) is 36.8 Å². The highest BCUT2D eigenvalue weighted by molar-refractivity contribution is 5.30. The zero-order chi connectivity index (χ0) is 14.5. The van der Waals surface area contributed by atoms with Crippen LogP contribution in [0, 0.1) is 17.7 Å². The normalized spacial score (nSPS) is 24.4. The Hall–Kier alpha value is -1.09. The number of benzene rings is 1. The highest BCUT2D eigenvalue weighted by Crippen LogP contribution is 2.39. The van der Waals surface area contributed by atoms with E-state index in [-0.39, 0.29) is 11.7 Å². The Morgan fingerprint density at radius 1 is 1.30 bits per heavy atom. The standard InChI is InChI=1S/C17H25FO2/c1-3-4-12-5-7-13(8-6-12)17(19)15-10-9-14(20-2)11-16(15)18/h9-13,17,19H,3-8H2,1-2H3. The number of aliphatic hydroxyl groups excluding tert-OH is 1. The summed E-state index contributed by atoms with van der Waals surface area (Å²) < 4.78 is 19.0. The first kappa shape index (κ1) is 15.3. The van der Waals surface area contributed by atoms with Gasteiger partial charge in [0.2, 0.25) is 0 Å². The highest BCUT2D eigenvalue weighted by Gasteiger charge is 2.28. The van der Waals surface area contributed by atoms with Crippen molar-refractivity contribution in [3.05, 3.63) is 29.6 Å². The molecule has 0 aliphatic heterocycles. The first-order valence-electron chi connectivity index (χ1n) is 7.67. The third kappa shape index (κ3) is 3.51. The lowest BCUT2D eigenvalue weighted by Gasteiger charge is -2.31. The van der Waals surface area contributed by atoms with Gasteiger partial charge in [0.15, 0.2) is 0 Å². The predicted octanol–water partition coefficient (Wildman–Crippen LogP) is 4.47. The smallest absolute Gasteiger partial charge is 0.132 e. The maximum Gasteiger partial charge on any atom is 0.132 e. The summed E-state index contributed by atoms with van der Waals surface area (Å²) in [6, 6.07) is 4.71. The quantitative estimate of drug-likeness (QED) is 0.862. The van der Waals surface area contributed by atoms with Gasteiger partial charge in [-0.15, -0.1) is 0 Å². The number of aliphatic hydroxyl groups is 1. The van der Waals surface area contributed by atoms with E-state index in [9.17, 15) is 9.50 Å². The first-order chi connectivity index (χ1) is 9.65. The monoisotopic (exact) mass is 280 g/mol. The highest BCUT2D eigenvalue weighted by atomic mass is 19.1. The van der Waals surface area contributed by atoms with E-state index in [2.05, 4.69) is 6.92 Å². The molecule has 1 N–H and O–H groups in total. The number of halogens is 1. The van der Waals surface area contributed by atoms with Crippen LogP contribution in [0.5, 0.6) is 5.75 Å². The van der Waals surface area contributed by atoms with Crippen LogP contribution in [-0.2, 0) is 0 Å². The Bertz CT molecular complexity index is 425. The zero-order valence-electron chi connectivity index (χ0n) is 12.4. The number of hydrogen-bond acceptors (Lipinski definition) is 2. The molecule has 1 saturated carbocycles. The molecule has 20 heavy (non-hydrogen) atoms. The summed E-state index contributed by atoms with van der Waals surface area (Å²) in [4.78, 5) is 0. The largest absolute Gasteiger partial charge is 0.497 e. The summed E-state index contributed by atoms with van der Waals surface area (Å²) in [7, 11) is 1.51. The van der Waals surface area contributed by atoms with Crippen molar-refractivity contribution < 1.29 is 14.2 Å². The first-order valence-corrected chi connectivity index (χ1v) is 7.67. The van der Waals surface area contributed by atoms with E-state index in [4.69, 9.17) is 4.74 Å². The molecule has 0 bridgehead atoms. The van der Waals surface area contributed by atoms with Crippen molar-refractivity contribution in [2.75, 3.05) is 7.11 Å². The summed E-state index contributed by atoms with van der Waals surface area (Å²) in [5.41, 5.74) is 0.407. The third-order valence-electron chi connectivity index (χ3n) is 4.56. The lowest BCUT2D eigenvalue weighted by atomic mass is 9.76. The molecule has 1 aliphatic carbocycles. The number of hydrogen-bond donors (Lipinski definition) is 1. The SMILES string of the molecule is CCCC1CCC(C(O)c2ccc(OC)cc2F)CC1. The minimum Gasteiger partial charge on any atom is -0.497 e. The number of methoxy groups -OCH3 is 1. The molecular weight excluding hydrogens is 255 g/mol. The van der Waals surface area contributed by atoms with E-state index >= 15 is 0 Å². The molecular formula is C17H25FO2. The van der Waals surface area contributed by atoms with Crippen molar-refractivity contribution in [3.63, 3.8) is 0 Å². The topological polar surface area (TPSA) is 29.5 Å². The molecule has 1 aromatic carbocycles. The minimum absolute atomic E-state index is 0.186.